The van der Waals surface area contributed by atoms with E-state index in [1.54, 1.807) is 38.1 Å². The number of nitrogens with zero attached hydrogens (tertiary/aromatic N) is 3. The Morgan fingerprint density at radius 1 is 0.812 bits per heavy atom. The van der Waals surface area contributed by atoms with Crippen molar-refractivity contribution in [3.8, 4) is 11.6 Å². The van der Waals surface area contributed by atoms with Gasteiger partial charge in [-0.25, -0.2) is 0 Å². The number of hydrogen-bond donors (Lipinski definition) is 4. The van der Waals surface area contributed by atoms with Gasteiger partial charge in [0.15, 0.2) is 0 Å². The van der Waals surface area contributed by atoms with Crippen LogP contribution < -0.4 is 4.68 Å². The maximum Gasteiger partial charge on any atom is 0.407 e. The maximum atomic E-state index is 13.1. The highest BCUT2D eigenvalue weighted by atomic mass is 16.3. The fraction of sp³-hybridized carbons (Fsp3) is 0.0833. The number of rotatable bonds is 3. The van der Waals surface area contributed by atoms with Gasteiger partial charge in [-0.05, 0) is 23.2 Å². The molecule has 158 valence electrons. The monoisotopic (exact) mass is 428 g/mol. The minimum atomic E-state index is -0.480. The molecule has 0 fully saturated rings. The van der Waals surface area contributed by atoms with Crippen LogP contribution in [0.1, 0.15) is 18.2 Å². The lowest BCUT2D eigenvalue weighted by Crippen LogP contribution is -2.32. The molecule has 2 aliphatic rings. The molecule has 1 aliphatic heterocycles. The Kier molecular flexibility index (Phi) is 4.30. The van der Waals surface area contributed by atoms with Crippen LogP contribution in [0.5, 0.6) is 5.88 Å². The van der Waals surface area contributed by atoms with Gasteiger partial charge in [-0.2, -0.15) is 5.10 Å². The van der Waals surface area contributed by atoms with E-state index in [1.165, 1.54) is 9.37 Å². The number of hydrogen-bond acceptors (Lipinski definition) is 4. The third kappa shape index (κ3) is 2.70. The highest BCUT2D eigenvalue weighted by molar-refractivity contribution is 6.43. The first-order valence-corrected chi connectivity index (χ1v) is 9.99. The standard InChI is InChI=1S/C24H18N4O4/c1-13-17(23(31)27(25-13)15-9-5-3-6-10-15)19-21(29)20(22(19)30)18-14(2)26-28(24(18)32)16-11-7-4-8-12-16/h3-12H,1-2H3,(H2,25,26,29,30,31,32)/p+2. The number of aliphatic hydroxyl groups is 2. The van der Waals surface area contributed by atoms with E-state index in [2.05, 4.69) is 10.2 Å². The number of nitrogens with one attached hydrogen (secondary N) is 1. The SMILES string of the molecule is CC1=N[N+](c2ccccc2)=C(O)/C1=C1\C(=O)C(c2c(C)[nH][n+](-c3ccccc3)c2O)=C1O. The van der Waals surface area contributed by atoms with Crippen LogP contribution in [-0.2, 0) is 4.79 Å². The molecule has 5 rings (SSSR count). The predicted octanol–water partition coefficient (Wildman–Crippen LogP) is 3.14. The molecule has 0 atom stereocenters. The van der Waals surface area contributed by atoms with E-state index in [4.69, 9.17) is 0 Å². The second kappa shape index (κ2) is 7.05. The lowest BCUT2D eigenvalue weighted by atomic mass is 9.80. The third-order valence-electron chi connectivity index (χ3n) is 5.57. The predicted molar refractivity (Wildman–Crippen MR) is 117 cm³/mol. The van der Waals surface area contributed by atoms with Crippen molar-refractivity contribution in [3.63, 3.8) is 0 Å². The number of allylic oxidation sites excluding steroid dienone is 2. The number of ketones is 1. The van der Waals surface area contributed by atoms with Crippen LogP contribution >= 0.6 is 0 Å². The van der Waals surface area contributed by atoms with Gasteiger partial charge in [-0.1, -0.05) is 36.4 Å². The summed E-state index contributed by atoms with van der Waals surface area (Å²) in [6.45, 7) is 3.36. The van der Waals surface area contributed by atoms with Gasteiger partial charge in [0.05, 0.1) is 16.8 Å². The summed E-state index contributed by atoms with van der Waals surface area (Å²) >= 11 is 0. The van der Waals surface area contributed by atoms with Crippen LogP contribution in [0.4, 0.5) is 5.69 Å². The Balaban J connectivity index is 1.63. The molecular formula is C24H20N4O4+2. The van der Waals surface area contributed by atoms with Crippen molar-refractivity contribution in [2.75, 3.05) is 0 Å². The molecule has 0 bridgehead atoms. The van der Waals surface area contributed by atoms with Crippen molar-refractivity contribution in [3.05, 3.63) is 88.8 Å². The summed E-state index contributed by atoms with van der Waals surface area (Å²) in [4.78, 5) is 13.1. The van der Waals surface area contributed by atoms with E-state index in [1.807, 2.05) is 36.4 Å². The zero-order chi connectivity index (χ0) is 22.6. The van der Waals surface area contributed by atoms with Gasteiger partial charge in [0.25, 0.3) is 0 Å². The number of para-hydroxylation sites is 2. The topological polar surface area (TPSA) is 113 Å². The summed E-state index contributed by atoms with van der Waals surface area (Å²) in [5.74, 6) is -1.20. The van der Waals surface area contributed by atoms with E-state index >= 15 is 0 Å². The van der Waals surface area contributed by atoms with Gasteiger partial charge >= 0.3 is 11.8 Å². The van der Waals surface area contributed by atoms with Crippen molar-refractivity contribution in [1.29, 1.82) is 0 Å². The van der Waals surface area contributed by atoms with Crippen molar-refractivity contribution in [2.45, 2.75) is 13.8 Å². The summed E-state index contributed by atoms with van der Waals surface area (Å²) in [5, 5.41) is 39.8. The van der Waals surface area contributed by atoms with Gasteiger partial charge in [-0.15, -0.1) is 0 Å². The molecular weight excluding hydrogens is 408 g/mol. The van der Waals surface area contributed by atoms with Crippen molar-refractivity contribution in [2.24, 2.45) is 5.10 Å². The molecule has 1 aromatic heterocycles. The molecule has 2 heterocycles. The van der Waals surface area contributed by atoms with E-state index in [-0.39, 0.29) is 39.8 Å². The Morgan fingerprint density at radius 3 is 2.00 bits per heavy atom. The molecule has 1 aliphatic carbocycles. The third-order valence-corrected chi connectivity index (χ3v) is 5.57. The number of hydrazone groups is 1. The van der Waals surface area contributed by atoms with Gasteiger partial charge < -0.3 is 15.3 Å². The molecule has 4 N–H and O–H groups in total. The number of benzene rings is 2. The van der Waals surface area contributed by atoms with Gasteiger partial charge in [0.2, 0.25) is 17.2 Å². The first-order chi connectivity index (χ1) is 15.4. The average Bonchev–Trinajstić information content (AvgIpc) is 3.26. The number of aromatic nitrogens is 2. The van der Waals surface area contributed by atoms with Crippen LogP contribution in [-0.4, -0.2) is 42.5 Å². The van der Waals surface area contributed by atoms with Crippen LogP contribution in [0.3, 0.4) is 0 Å². The zero-order valence-corrected chi connectivity index (χ0v) is 17.4. The number of carbonyl (C=O) groups excluding carboxylic acids is 1. The Labute approximate surface area is 183 Å². The lowest BCUT2D eigenvalue weighted by Gasteiger charge is -2.20. The summed E-state index contributed by atoms with van der Waals surface area (Å²) < 4.78 is 2.75. The molecule has 0 saturated carbocycles. The zero-order valence-electron chi connectivity index (χ0n) is 17.4. The minimum absolute atomic E-state index is 0.00723. The maximum absolute atomic E-state index is 13.1. The molecule has 0 unspecified atom stereocenters. The molecule has 2 aromatic carbocycles. The first kappa shape index (κ1) is 19.5. The molecule has 0 radical (unpaired) electrons. The first-order valence-electron chi connectivity index (χ1n) is 9.99. The quantitative estimate of drug-likeness (QED) is 0.379. The number of aromatic amines is 1. The molecule has 8 nitrogen and oxygen atoms in total. The normalized spacial score (nSPS) is 18.3. The molecule has 0 spiro atoms. The van der Waals surface area contributed by atoms with Crippen molar-refractivity contribution < 1.29 is 29.5 Å². The summed E-state index contributed by atoms with van der Waals surface area (Å²) in [6, 6.07) is 18.1. The average molecular weight is 428 g/mol. The molecule has 3 aromatic rings. The summed E-state index contributed by atoms with van der Waals surface area (Å²) in [5.41, 5.74) is 2.56. The van der Waals surface area contributed by atoms with E-state index in [0.717, 1.165) is 0 Å². The van der Waals surface area contributed by atoms with Crippen LogP contribution in [0, 0.1) is 6.92 Å². The molecule has 0 amide bonds. The van der Waals surface area contributed by atoms with E-state index < -0.39 is 5.78 Å². The smallest absolute Gasteiger partial charge is 0.407 e. The molecule has 0 saturated heterocycles. The van der Waals surface area contributed by atoms with Crippen molar-refractivity contribution in [1.82, 2.24) is 5.10 Å². The van der Waals surface area contributed by atoms with Gasteiger partial charge in [-0.3, -0.25) is 4.79 Å². The van der Waals surface area contributed by atoms with E-state index in [0.29, 0.717) is 22.8 Å². The van der Waals surface area contributed by atoms with Crippen LogP contribution in [0.15, 0.2) is 82.7 Å². The fourth-order valence-corrected chi connectivity index (χ4v) is 4.04. The van der Waals surface area contributed by atoms with Crippen LogP contribution in [0.25, 0.3) is 11.3 Å². The number of carbonyl (C=O) groups is 1. The number of aromatic hydroxyl groups is 1. The summed E-state index contributed by atoms with van der Waals surface area (Å²) in [6.07, 6.45) is 0. The molecule has 32 heavy (non-hydrogen) atoms. The fourth-order valence-electron chi connectivity index (χ4n) is 4.04. The van der Waals surface area contributed by atoms with Crippen molar-refractivity contribution >= 4 is 28.7 Å². The van der Waals surface area contributed by atoms with E-state index in [9.17, 15) is 20.1 Å². The highest BCUT2D eigenvalue weighted by Crippen LogP contribution is 2.42. The minimum Gasteiger partial charge on any atom is -0.506 e. The summed E-state index contributed by atoms with van der Waals surface area (Å²) in [7, 11) is 0. The Morgan fingerprint density at radius 2 is 1.41 bits per heavy atom. The van der Waals surface area contributed by atoms with Crippen LogP contribution in [0.2, 0.25) is 0 Å². The number of H-pyrrole nitrogens is 1. The van der Waals surface area contributed by atoms with Gasteiger partial charge in [0.1, 0.15) is 22.6 Å². The second-order valence-corrected chi connectivity index (χ2v) is 7.57. The number of aryl methyl sites for hydroxylation is 1. The largest absolute Gasteiger partial charge is 0.506 e. The lowest BCUT2D eigenvalue weighted by molar-refractivity contribution is -0.662. The number of Topliss-reactive ketones (excluding diaryl/α,β-unsaturated/α-hetero) is 1. The molecule has 8 heteroatoms. The second-order valence-electron chi connectivity index (χ2n) is 7.57. The number of aliphatic hydroxyl groups excluding tert-OH is 2. The Bertz CT molecular complexity index is 1410. The Hall–Kier alpha value is -4.46. The highest BCUT2D eigenvalue weighted by Gasteiger charge is 2.47. The van der Waals surface area contributed by atoms with Gasteiger partial charge in [0, 0.05) is 29.4 Å².